The van der Waals surface area contributed by atoms with Crippen LogP contribution in [0.3, 0.4) is 0 Å². The lowest BCUT2D eigenvalue weighted by Crippen LogP contribution is -2.12. The van der Waals surface area contributed by atoms with Crippen molar-refractivity contribution in [1.82, 2.24) is 0 Å². The van der Waals surface area contributed by atoms with Crippen LogP contribution in [0.1, 0.15) is 32.1 Å². The second kappa shape index (κ2) is 6.05. The number of para-hydroxylation sites is 1. The van der Waals surface area contributed by atoms with E-state index < -0.39 is 0 Å². The zero-order valence-corrected chi connectivity index (χ0v) is 9.80. The molecule has 0 heterocycles. The summed E-state index contributed by atoms with van der Waals surface area (Å²) in [5, 5.41) is 13.3. The molecule has 0 radical (unpaired) electrons. The molecule has 3 heteroatoms. The van der Waals surface area contributed by atoms with Crippen LogP contribution in [0.15, 0.2) is 35.5 Å². The molecule has 88 valence electrons. The Balaban J connectivity index is 2.06. The molecule has 1 unspecified atom stereocenters. The standard InChI is InChI=1S/C14H16N2O/c15-11-12-7-3-1-6-10-14(12)16-17-13-8-4-2-5-9-13/h2,4-5,8-9,12H,1,3,6-7,10H2/b16-14+. The number of hydrogen-bond donors (Lipinski definition) is 0. The second-order valence-corrected chi connectivity index (χ2v) is 4.27. The smallest absolute Gasteiger partial charge is 0.157 e. The van der Waals surface area contributed by atoms with Crippen molar-refractivity contribution in [1.29, 1.82) is 5.26 Å². The molecular weight excluding hydrogens is 212 g/mol. The van der Waals surface area contributed by atoms with E-state index in [1.165, 1.54) is 6.42 Å². The third kappa shape index (κ3) is 3.32. The van der Waals surface area contributed by atoms with Gasteiger partial charge in [0.1, 0.15) is 0 Å². The van der Waals surface area contributed by atoms with E-state index in [0.717, 1.165) is 37.1 Å². The Hall–Kier alpha value is -1.82. The number of hydrogen-bond acceptors (Lipinski definition) is 3. The average molecular weight is 228 g/mol. The predicted molar refractivity (Wildman–Crippen MR) is 66.7 cm³/mol. The van der Waals surface area contributed by atoms with Crippen molar-refractivity contribution in [2.24, 2.45) is 11.1 Å². The van der Waals surface area contributed by atoms with Crippen molar-refractivity contribution < 1.29 is 4.84 Å². The van der Waals surface area contributed by atoms with E-state index in [1.807, 2.05) is 30.3 Å². The van der Waals surface area contributed by atoms with Gasteiger partial charge in [-0.2, -0.15) is 5.26 Å². The first-order valence-electron chi connectivity index (χ1n) is 6.08. The maximum absolute atomic E-state index is 9.10. The molecule has 1 aromatic carbocycles. The minimum Gasteiger partial charge on any atom is -0.357 e. The van der Waals surface area contributed by atoms with Crippen molar-refractivity contribution in [2.75, 3.05) is 0 Å². The number of nitrogens with zero attached hydrogens (tertiary/aromatic N) is 2. The Labute approximate surface area is 102 Å². The van der Waals surface area contributed by atoms with Gasteiger partial charge in [0.2, 0.25) is 0 Å². The minimum absolute atomic E-state index is 0.0683. The van der Waals surface area contributed by atoms with Crippen LogP contribution in [0.4, 0.5) is 0 Å². The number of oxime groups is 1. The lowest BCUT2D eigenvalue weighted by molar-refractivity contribution is 0.337. The average Bonchev–Trinajstić information content (AvgIpc) is 2.62. The normalized spacial score (nSPS) is 22.8. The molecule has 0 bridgehead atoms. The maximum atomic E-state index is 9.10. The lowest BCUT2D eigenvalue weighted by Gasteiger charge is -2.07. The first-order chi connectivity index (χ1) is 8.40. The van der Waals surface area contributed by atoms with Gasteiger partial charge in [0.15, 0.2) is 5.75 Å². The van der Waals surface area contributed by atoms with Crippen molar-refractivity contribution >= 4 is 5.71 Å². The van der Waals surface area contributed by atoms with Gasteiger partial charge in [0.25, 0.3) is 0 Å². The summed E-state index contributed by atoms with van der Waals surface area (Å²) in [5.74, 6) is 0.655. The molecule has 0 aromatic heterocycles. The molecule has 0 saturated heterocycles. The van der Waals surface area contributed by atoms with Gasteiger partial charge in [-0.25, -0.2) is 0 Å². The minimum atomic E-state index is -0.0683. The Morgan fingerprint density at radius 3 is 2.76 bits per heavy atom. The monoisotopic (exact) mass is 228 g/mol. The van der Waals surface area contributed by atoms with Crippen LogP contribution in [0.2, 0.25) is 0 Å². The number of nitriles is 1. The maximum Gasteiger partial charge on any atom is 0.157 e. The van der Waals surface area contributed by atoms with E-state index in [4.69, 9.17) is 10.1 Å². The highest BCUT2D eigenvalue weighted by Gasteiger charge is 2.19. The Morgan fingerprint density at radius 2 is 2.00 bits per heavy atom. The van der Waals surface area contributed by atoms with Crippen molar-refractivity contribution in [3.8, 4) is 11.8 Å². The van der Waals surface area contributed by atoms with Gasteiger partial charge < -0.3 is 4.84 Å². The summed E-state index contributed by atoms with van der Waals surface area (Å²) in [7, 11) is 0. The van der Waals surface area contributed by atoms with Crippen LogP contribution >= 0.6 is 0 Å². The van der Waals surface area contributed by atoms with Gasteiger partial charge in [-0.3, -0.25) is 0 Å². The number of rotatable bonds is 2. The van der Waals surface area contributed by atoms with E-state index in [-0.39, 0.29) is 5.92 Å². The molecule has 1 atom stereocenters. The molecule has 17 heavy (non-hydrogen) atoms. The zero-order valence-electron chi connectivity index (χ0n) is 9.80. The molecule has 1 fully saturated rings. The first-order valence-corrected chi connectivity index (χ1v) is 6.08. The van der Waals surface area contributed by atoms with Crippen LogP contribution in [-0.2, 0) is 0 Å². The van der Waals surface area contributed by atoms with Crippen LogP contribution in [0, 0.1) is 17.2 Å². The molecule has 2 rings (SSSR count). The predicted octanol–water partition coefficient (Wildman–Crippen LogP) is 3.53. The molecule has 0 aliphatic heterocycles. The fourth-order valence-corrected chi connectivity index (χ4v) is 2.01. The van der Waals surface area contributed by atoms with E-state index in [0.29, 0.717) is 0 Å². The number of benzene rings is 1. The van der Waals surface area contributed by atoms with Crippen LogP contribution in [0.5, 0.6) is 5.75 Å². The van der Waals surface area contributed by atoms with Crippen LogP contribution in [0.25, 0.3) is 0 Å². The largest absolute Gasteiger partial charge is 0.357 e. The summed E-state index contributed by atoms with van der Waals surface area (Å²) in [4.78, 5) is 5.37. The van der Waals surface area contributed by atoms with E-state index in [2.05, 4.69) is 11.2 Å². The summed E-state index contributed by atoms with van der Waals surface area (Å²) in [6.07, 6.45) is 5.19. The quantitative estimate of drug-likeness (QED) is 0.574. The van der Waals surface area contributed by atoms with Crippen molar-refractivity contribution in [2.45, 2.75) is 32.1 Å². The molecule has 0 spiro atoms. The van der Waals surface area contributed by atoms with E-state index >= 15 is 0 Å². The van der Waals surface area contributed by atoms with Crippen molar-refractivity contribution in [3.63, 3.8) is 0 Å². The lowest BCUT2D eigenvalue weighted by atomic mass is 10.0. The zero-order chi connectivity index (χ0) is 11.9. The van der Waals surface area contributed by atoms with Gasteiger partial charge in [-0.15, -0.1) is 0 Å². The van der Waals surface area contributed by atoms with Gasteiger partial charge in [0.05, 0.1) is 17.7 Å². The fraction of sp³-hybridized carbons (Fsp3) is 0.429. The molecule has 1 saturated carbocycles. The Bertz CT molecular complexity index is 420. The summed E-state index contributed by atoms with van der Waals surface area (Å²) in [6.45, 7) is 0. The van der Waals surface area contributed by atoms with Crippen molar-refractivity contribution in [3.05, 3.63) is 30.3 Å². The summed E-state index contributed by atoms with van der Waals surface area (Å²) < 4.78 is 0. The molecule has 3 nitrogen and oxygen atoms in total. The molecule has 0 N–H and O–H groups in total. The molecule has 1 aliphatic rings. The van der Waals surface area contributed by atoms with Gasteiger partial charge in [0, 0.05) is 0 Å². The van der Waals surface area contributed by atoms with Gasteiger partial charge in [-0.1, -0.05) is 36.2 Å². The van der Waals surface area contributed by atoms with Crippen LogP contribution < -0.4 is 4.84 Å². The fourth-order valence-electron chi connectivity index (χ4n) is 2.01. The molecule has 1 aromatic rings. The third-order valence-corrected chi connectivity index (χ3v) is 3.00. The highest BCUT2D eigenvalue weighted by atomic mass is 16.6. The SMILES string of the molecule is N#CC1CCCCC/C1=N\Oc1ccccc1. The van der Waals surface area contributed by atoms with E-state index in [1.54, 1.807) is 0 Å². The molecule has 0 amide bonds. The summed E-state index contributed by atoms with van der Waals surface area (Å²) in [5.41, 5.74) is 0.897. The van der Waals surface area contributed by atoms with Gasteiger partial charge >= 0.3 is 0 Å². The van der Waals surface area contributed by atoms with Crippen LogP contribution in [-0.4, -0.2) is 5.71 Å². The molecule has 1 aliphatic carbocycles. The van der Waals surface area contributed by atoms with E-state index in [9.17, 15) is 0 Å². The summed E-state index contributed by atoms with van der Waals surface area (Å²) >= 11 is 0. The highest BCUT2D eigenvalue weighted by Crippen LogP contribution is 2.21. The van der Waals surface area contributed by atoms with Gasteiger partial charge in [-0.05, 0) is 31.4 Å². The topological polar surface area (TPSA) is 45.4 Å². The molecular formula is C14H16N2O. The second-order valence-electron chi connectivity index (χ2n) is 4.27. The third-order valence-electron chi connectivity index (χ3n) is 3.00. The summed E-state index contributed by atoms with van der Waals surface area (Å²) in [6, 6.07) is 11.8. The Kier molecular flexibility index (Phi) is 4.15. The highest BCUT2D eigenvalue weighted by molar-refractivity contribution is 5.88. The first kappa shape index (κ1) is 11.7. The Morgan fingerprint density at radius 1 is 1.18 bits per heavy atom.